The van der Waals surface area contributed by atoms with Gasteiger partial charge in [0, 0.05) is 37.8 Å². The van der Waals surface area contributed by atoms with E-state index in [0.717, 1.165) is 19.8 Å². The number of carbonyl (C=O) groups is 1. The highest BCUT2D eigenvalue weighted by molar-refractivity contribution is 9.13. The number of fused-ring (bicyclic) bond motifs is 1. The molecule has 1 heterocycles. The molecule has 3 rings (SSSR count). The van der Waals surface area contributed by atoms with E-state index in [9.17, 15) is 4.79 Å². The SMILES string of the molecule is COc1ccc(NC(=O)c2c[nH]c3cc(Br)c(Br)cc23)cc1OC. The summed E-state index contributed by atoms with van der Waals surface area (Å²) in [6, 6.07) is 9.06. The number of rotatable bonds is 4. The number of carbonyl (C=O) groups excluding carboxylic acids is 1. The Labute approximate surface area is 155 Å². The summed E-state index contributed by atoms with van der Waals surface area (Å²) in [6.45, 7) is 0. The fourth-order valence-corrected chi connectivity index (χ4v) is 3.10. The zero-order valence-corrected chi connectivity index (χ0v) is 16.1. The third-order valence-electron chi connectivity index (χ3n) is 3.61. The van der Waals surface area contributed by atoms with Crippen molar-refractivity contribution in [3.63, 3.8) is 0 Å². The molecule has 0 saturated heterocycles. The number of aromatic amines is 1. The first kappa shape index (κ1) is 16.9. The van der Waals surface area contributed by atoms with Crippen molar-refractivity contribution in [2.45, 2.75) is 0 Å². The van der Waals surface area contributed by atoms with Crippen molar-refractivity contribution >= 4 is 54.4 Å². The van der Waals surface area contributed by atoms with Gasteiger partial charge in [-0.2, -0.15) is 0 Å². The van der Waals surface area contributed by atoms with Crippen LogP contribution in [0.3, 0.4) is 0 Å². The normalized spacial score (nSPS) is 10.7. The summed E-state index contributed by atoms with van der Waals surface area (Å²) in [5.74, 6) is 0.958. The smallest absolute Gasteiger partial charge is 0.257 e. The van der Waals surface area contributed by atoms with Gasteiger partial charge in [-0.15, -0.1) is 0 Å². The molecule has 124 valence electrons. The first-order valence-electron chi connectivity index (χ1n) is 7.03. The first-order valence-corrected chi connectivity index (χ1v) is 8.61. The number of methoxy groups -OCH3 is 2. The third-order valence-corrected chi connectivity index (χ3v) is 5.45. The highest BCUT2D eigenvalue weighted by Gasteiger charge is 2.15. The quantitative estimate of drug-likeness (QED) is 0.586. The molecule has 7 heteroatoms. The Morgan fingerprint density at radius 1 is 1.04 bits per heavy atom. The van der Waals surface area contributed by atoms with Crippen LogP contribution < -0.4 is 14.8 Å². The Balaban J connectivity index is 1.92. The predicted molar refractivity (Wildman–Crippen MR) is 101 cm³/mol. The maximum absolute atomic E-state index is 12.6. The summed E-state index contributed by atoms with van der Waals surface area (Å²) in [5.41, 5.74) is 2.07. The van der Waals surface area contributed by atoms with Gasteiger partial charge in [-0.05, 0) is 56.1 Å². The van der Waals surface area contributed by atoms with Gasteiger partial charge in [0.1, 0.15) is 0 Å². The minimum absolute atomic E-state index is 0.206. The summed E-state index contributed by atoms with van der Waals surface area (Å²) in [5, 5.41) is 3.71. The number of benzene rings is 2. The zero-order valence-electron chi connectivity index (χ0n) is 12.9. The van der Waals surface area contributed by atoms with Crippen molar-refractivity contribution in [1.29, 1.82) is 0 Å². The molecule has 2 aromatic carbocycles. The Morgan fingerprint density at radius 3 is 2.46 bits per heavy atom. The molecule has 0 fully saturated rings. The van der Waals surface area contributed by atoms with Crippen LogP contribution >= 0.6 is 31.9 Å². The van der Waals surface area contributed by atoms with E-state index in [1.165, 1.54) is 0 Å². The predicted octanol–water partition coefficient (Wildman–Crippen LogP) is 4.96. The van der Waals surface area contributed by atoms with E-state index in [1.807, 2.05) is 12.1 Å². The molecular formula is C17H14Br2N2O3. The highest BCUT2D eigenvalue weighted by atomic mass is 79.9. The number of H-pyrrole nitrogens is 1. The fourth-order valence-electron chi connectivity index (χ4n) is 2.42. The summed E-state index contributed by atoms with van der Waals surface area (Å²) in [7, 11) is 3.12. The number of hydrogen-bond acceptors (Lipinski definition) is 3. The number of amides is 1. The van der Waals surface area contributed by atoms with Crippen molar-refractivity contribution in [2.75, 3.05) is 19.5 Å². The van der Waals surface area contributed by atoms with E-state index in [-0.39, 0.29) is 5.91 Å². The maximum Gasteiger partial charge on any atom is 0.257 e. The topological polar surface area (TPSA) is 63.3 Å². The Bertz CT molecular complexity index is 922. The highest BCUT2D eigenvalue weighted by Crippen LogP contribution is 2.32. The zero-order chi connectivity index (χ0) is 17.3. The monoisotopic (exact) mass is 452 g/mol. The molecule has 1 aromatic heterocycles. The number of aromatic nitrogens is 1. The van der Waals surface area contributed by atoms with Gasteiger partial charge in [0.25, 0.3) is 5.91 Å². The van der Waals surface area contributed by atoms with Crippen LogP contribution in [0.1, 0.15) is 10.4 Å². The van der Waals surface area contributed by atoms with Crippen LogP contribution in [-0.4, -0.2) is 25.1 Å². The van der Waals surface area contributed by atoms with E-state index >= 15 is 0 Å². The van der Waals surface area contributed by atoms with Crippen LogP contribution in [0.25, 0.3) is 10.9 Å². The van der Waals surface area contributed by atoms with Crippen LogP contribution in [0.5, 0.6) is 11.5 Å². The van der Waals surface area contributed by atoms with Gasteiger partial charge in [-0.25, -0.2) is 0 Å². The van der Waals surface area contributed by atoms with E-state index in [4.69, 9.17) is 9.47 Å². The third kappa shape index (κ3) is 3.14. The standard InChI is InChI=1S/C17H14Br2N2O3/c1-23-15-4-3-9(5-16(15)24-2)21-17(22)11-8-20-14-7-13(19)12(18)6-10(11)14/h3-8,20H,1-2H3,(H,21,22). The number of nitrogens with one attached hydrogen (secondary N) is 2. The summed E-state index contributed by atoms with van der Waals surface area (Å²) < 4.78 is 12.3. The van der Waals surface area contributed by atoms with Gasteiger partial charge in [-0.3, -0.25) is 4.79 Å². The number of halogens is 2. The van der Waals surface area contributed by atoms with Crippen LogP contribution in [0.4, 0.5) is 5.69 Å². The molecule has 0 bridgehead atoms. The van der Waals surface area contributed by atoms with E-state index in [2.05, 4.69) is 42.2 Å². The molecular weight excluding hydrogens is 440 g/mol. The van der Waals surface area contributed by atoms with E-state index in [1.54, 1.807) is 38.6 Å². The summed E-state index contributed by atoms with van der Waals surface area (Å²) in [6.07, 6.45) is 1.69. The second-order valence-electron chi connectivity index (χ2n) is 5.04. The summed E-state index contributed by atoms with van der Waals surface area (Å²) >= 11 is 6.92. The maximum atomic E-state index is 12.6. The average molecular weight is 454 g/mol. The van der Waals surface area contributed by atoms with Crippen LogP contribution in [0, 0.1) is 0 Å². The Hall–Kier alpha value is -1.99. The number of anilines is 1. The van der Waals surface area contributed by atoms with Crippen molar-refractivity contribution in [3.8, 4) is 11.5 Å². The Kier molecular flexibility index (Phi) is 4.82. The molecule has 0 atom stereocenters. The molecule has 24 heavy (non-hydrogen) atoms. The molecule has 0 aliphatic heterocycles. The minimum atomic E-state index is -0.206. The number of hydrogen-bond donors (Lipinski definition) is 2. The van der Waals surface area contributed by atoms with Gasteiger partial charge >= 0.3 is 0 Å². The number of ether oxygens (including phenoxy) is 2. The van der Waals surface area contributed by atoms with Crippen molar-refractivity contribution < 1.29 is 14.3 Å². The van der Waals surface area contributed by atoms with Crippen molar-refractivity contribution in [3.05, 3.63) is 51.0 Å². The average Bonchev–Trinajstić information content (AvgIpc) is 2.97. The van der Waals surface area contributed by atoms with Gasteiger partial charge in [0.2, 0.25) is 0 Å². The van der Waals surface area contributed by atoms with Gasteiger partial charge in [0.15, 0.2) is 11.5 Å². The van der Waals surface area contributed by atoms with Crippen LogP contribution in [0.2, 0.25) is 0 Å². The lowest BCUT2D eigenvalue weighted by Crippen LogP contribution is -2.11. The van der Waals surface area contributed by atoms with Crippen molar-refractivity contribution in [2.24, 2.45) is 0 Å². The van der Waals surface area contributed by atoms with Gasteiger partial charge < -0.3 is 19.8 Å². The van der Waals surface area contributed by atoms with Gasteiger partial charge in [-0.1, -0.05) is 0 Å². The molecule has 0 radical (unpaired) electrons. The molecule has 0 saturated carbocycles. The molecule has 0 spiro atoms. The lowest BCUT2D eigenvalue weighted by Gasteiger charge is -2.10. The Morgan fingerprint density at radius 2 is 1.75 bits per heavy atom. The second-order valence-corrected chi connectivity index (χ2v) is 6.75. The van der Waals surface area contributed by atoms with E-state index in [0.29, 0.717) is 22.7 Å². The van der Waals surface area contributed by atoms with E-state index < -0.39 is 0 Å². The fraction of sp³-hybridized carbons (Fsp3) is 0.118. The van der Waals surface area contributed by atoms with Crippen molar-refractivity contribution in [1.82, 2.24) is 4.98 Å². The molecule has 3 aromatic rings. The molecule has 0 aliphatic carbocycles. The molecule has 0 unspecified atom stereocenters. The molecule has 5 nitrogen and oxygen atoms in total. The largest absolute Gasteiger partial charge is 0.493 e. The molecule has 1 amide bonds. The van der Waals surface area contributed by atoms with Crippen LogP contribution in [0.15, 0.2) is 45.5 Å². The first-order chi connectivity index (χ1) is 11.5. The molecule has 0 aliphatic rings. The lowest BCUT2D eigenvalue weighted by atomic mass is 10.1. The minimum Gasteiger partial charge on any atom is -0.493 e. The molecule has 2 N–H and O–H groups in total. The lowest BCUT2D eigenvalue weighted by molar-refractivity contribution is 0.102. The summed E-state index contributed by atoms with van der Waals surface area (Å²) in [4.78, 5) is 15.7. The van der Waals surface area contributed by atoms with Crippen LogP contribution in [-0.2, 0) is 0 Å². The van der Waals surface area contributed by atoms with Gasteiger partial charge in [0.05, 0.1) is 19.8 Å². The second kappa shape index (κ2) is 6.86.